The first-order valence-electron chi connectivity index (χ1n) is 16.9. The summed E-state index contributed by atoms with van der Waals surface area (Å²) in [7, 11) is 0. The maximum Gasteiger partial charge on any atom is 0.149 e. The number of thiophene rings is 6. The second-order valence-corrected chi connectivity index (χ2v) is 18.6. The van der Waals surface area contributed by atoms with Crippen LogP contribution >= 0.6 is 68.0 Å². The van der Waals surface area contributed by atoms with Gasteiger partial charge in [0, 0.05) is 67.6 Å². The fourth-order valence-electron chi connectivity index (χ4n) is 6.85. The van der Waals surface area contributed by atoms with E-state index >= 15 is 0 Å². The van der Waals surface area contributed by atoms with Crippen molar-refractivity contribution in [3.8, 4) is 0 Å². The maximum atomic E-state index is 13.0. The lowest BCUT2D eigenvalue weighted by atomic mass is 9.84. The van der Waals surface area contributed by atoms with Crippen LogP contribution in [0.15, 0.2) is 165 Å². The minimum atomic E-state index is -1.31. The molecule has 1 saturated carbocycles. The molecule has 0 aliphatic heterocycles. The monoisotopic (exact) mass is 780 g/mol. The van der Waals surface area contributed by atoms with Crippen LogP contribution in [0.1, 0.15) is 56.4 Å². The average molecular weight is 781 g/mol. The molecule has 0 unspecified atom stereocenters. The van der Waals surface area contributed by atoms with E-state index in [4.69, 9.17) is 0 Å². The molecule has 6 aromatic heterocycles. The summed E-state index contributed by atoms with van der Waals surface area (Å²) in [6.45, 7) is 4.18. The summed E-state index contributed by atoms with van der Waals surface area (Å²) >= 11 is 10.7. The molecule has 1 N–H and O–H groups in total. The Morgan fingerprint density at radius 3 is 1.04 bits per heavy atom. The number of hydrogen-bond acceptors (Lipinski definition) is 7. The summed E-state index contributed by atoms with van der Waals surface area (Å²) in [4.78, 5) is 8.35. The molecule has 0 saturated heterocycles. The molecule has 2 aromatic carbocycles. The van der Waals surface area contributed by atoms with Gasteiger partial charge in [-0.3, -0.25) is 0 Å². The second kappa shape index (κ2) is 14.0. The predicted octanol–water partition coefficient (Wildman–Crippen LogP) is 13.8. The molecular weight excluding hydrogens is 749 g/mol. The molecule has 6 heterocycles. The quantitative estimate of drug-likeness (QED) is 0.155. The van der Waals surface area contributed by atoms with E-state index in [-0.39, 0.29) is 0 Å². The predicted molar refractivity (Wildman–Crippen MR) is 228 cm³/mol. The second-order valence-electron chi connectivity index (χ2n) is 12.7. The number of rotatable bonds is 9. The highest BCUT2D eigenvalue weighted by Gasteiger charge is 2.43. The zero-order chi connectivity index (χ0) is 35.2. The van der Waals surface area contributed by atoms with Gasteiger partial charge in [0.05, 0.1) is 0 Å². The van der Waals surface area contributed by atoms with Crippen molar-refractivity contribution >= 4 is 84.7 Å². The lowest BCUT2D eigenvalue weighted by molar-refractivity contribution is 0.129. The molecule has 0 amide bonds. The van der Waals surface area contributed by atoms with Crippen molar-refractivity contribution in [2.75, 3.05) is 0 Å². The van der Waals surface area contributed by atoms with Gasteiger partial charge in [0.1, 0.15) is 5.60 Å². The maximum absolute atomic E-state index is 13.0. The number of benzene rings is 2. The minimum Gasteiger partial charge on any atom is -0.375 e. The van der Waals surface area contributed by atoms with Crippen molar-refractivity contribution in [1.82, 2.24) is 0 Å². The number of aliphatic hydroxyl groups is 1. The van der Waals surface area contributed by atoms with Gasteiger partial charge in [-0.25, -0.2) is 0 Å². The average Bonchev–Trinajstić information content (AvgIpc) is 3.97. The van der Waals surface area contributed by atoms with Crippen molar-refractivity contribution in [3.05, 3.63) is 221 Å². The molecule has 1 aliphatic carbocycles. The first kappa shape index (κ1) is 33.6. The van der Waals surface area contributed by atoms with Crippen molar-refractivity contribution in [3.63, 3.8) is 0 Å². The largest absolute Gasteiger partial charge is 0.375 e. The van der Waals surface area contributed by atoms with Crippen molar-refractivity contribution in [2.24, 2.45) is 0 Å². The van der Waals surface area contributed by atoms with E-state index in [0.717, 1.165) is 20.9 Å². The Hall–Kier alpha value is -4.18. The highest BCUT2D eigenvalue weighted by molar-refractivity contribution is 7.16. The lowest BCUT2D eigenvalue weighted by Gasteiger charge is -2.29. The summed E-state index contributed by atoms with van der Waals surface area (Å²) in [6, 6.07) is 43.1. The Kier molecular flexibility index (Phi) is 9.05. The van der Waals surface area contributed by atoms with Crippen molar-refractivity contribution < 1.29 is 5.11 Å². The first-order chi connectivity index (χ1) is 25.5. The van der Waals surface area contributed by atoms with Crippen LogP contribution in [0.4, 0.5) is 0 Å². The van der Waals surface area contributed by atoms with Crippen LogP contribution in [0.2, 0.25) is 0 Å². The van der Waals surface area contributed by atoms with Gasteiger partial charge < -0.3 is 5.11 Å². The van der Waals surface area contributed by atoms with Crippen molar-refractivity contribution in [2.45, 2.75) is 19.4 Å². The number of allylic oxidation sites excluding steroid dienone is 3. The van der Waals surface area contributed by atoms with Gasteiger partial charge in [-0.05, 0) is 94.3 Å². The first-order valence-corrected chi connectivity index (χ1v) is 22.1. The molecule has 8 aromatic rings. The molecule has 0 atom stereocenters. The van der Waals surface area contributed by atoms with Crippen LogP contribution in [0, 0.1) is 13.8 Å². The summed E-state index contributed by atoms with van der Waals surface area (Å²) in [6.07, 6.45) is 0. The SMILES string of the molecule is Cc1ccc(C(O)(c2ccc(C)cc2)c2ccc(C(=C3C(=C(c4cccs4)c4cccs4)C3=C(c3cccs3)c3cccs3)c3cccs3)s2)cc1. The van der Waals surface area contributed by atoms with Gasteiger partial charge >= 0.3 is 0 Å². The molecule has 1 nitrogen and oxygen atoms in total. The number of hydrogen-bond donors (Lipinski definition) is 1. The summed E-state index contributed by atoms with van der Waals surface area (Å²) in [5, 5.41) is 23.9. The van der Waals surface area contributed by atoms with Gasteiger partial charge in [-0.15, -0.1) is 68.0 Å². The molecule has 7 heteroatoms. The zero-order valence-corrected chi connectivity index (χ0v) is 33.2. The third kappa shape index (κ3) is 6.00. The summed E-state index contributed by atoms with van der Waals surface area (Å²) in [5.74, 6) is 0. The van der Waals surface area contributed by atoms with E-state index in [0.29, 0.717) is 0 Å². The fraction of sp³-hybridized carbons (Fsp3) is 0.0667. The topological polar surface area (TPSA) is 20.2 Å². The molecule has 0 spiro atoms. The molecule has 52 heavy (non-hydrogen) atoms. The van der Waals surface area contributed by atoms with Crippen molar-refractivity contribution in [1.29, 1.82) is 0 Å². The van der Waals surface area contributed by atoms with Gasteiger partial charge in [-0.2, -0.15) is 0 Å². The smallest absolute Gasteiger partial charge is 0.149 e. The third-order valence-electron chi connectivity index (χ3n) is 9.42. The standard InChI is InChI=1S/C45H32OS6/c1-28-13-17-30(18-14-28)45(46,31-19-15-29(2)16-20-31)38-22-21-37(52-38)41(36-12-7-27-51-36)44-42(39(32-8-3-23-47-32)33-9-4-24-48-33)43(44)40(34-10-5-25-49-34)35-11-6-26-50-35/h3-27,46H,1-2H3. The molecule has 254 valence electrons. The van der Waals surface area contributed by atoms with E-state index < -0.39 is 5.60 Å². The Balaban J connectivity index is 1.35. The van der Waals surface area contributed by atoms with Gasteiger partial charge in [-0.1, -0.05) is 90.0 Å². The highest BCUT2D eigenvalue weighted by Crippen LogP contribution is 2.61. The molecular formula is C45H32OS6. The van der Waals surface area contributed by atoms with Gasteiger partial charge in [0.2, 0.25) is 0 Å². The number of aryl methyl sites for hydroxylation is 2. The Labute approximate surface area is 328 Å². The molecule has 9 rings (SSSR count). The van der Waals surface area contributed by atoms with E-state index in [9.17, 15) is 5.11 Å². The normalized spacial score (nSPS) is 12.8. The van der Waals surface area contributed by atoms with Crippen LogP contribution < -0.4 is 0 Å². The Bertz CT molecular complexity index is 2330. The Morgan fingerprint density at radius 2 is 0.731 bits per heavy atom. The summed E-state index contributed by atoms with van der Waals surface area (Å²) in [5.41, 5.74) is 10.5. The lowest BCUT2D eigenvalue weighted by Crippen LogP contribution is -2.27. The molecule has 1 aliphatic rings. The van der Waals surface area contributed by atoms with E-state index in [1.54, 1.807) is 68.0 Å². The van der Waals surface area contributed by atoms with E-state index in [2.05, 4.69) is 162 Å². The summed E-state index contributed by atoms with van der Waals surface area (Å²) < 4.78 is 0. The fourth-order valence-corrected chi connectivity index (χ4v) is 12.2. The van der Waals surface area contributed by atoms with Gasteiger partial charge in [0.25, 0.3) is 0 Å². The third-order valence-corrected chi connectivity index (χ3v) is 15.1. The van der Waals surface area contributed by atoms with Crippen LogP contribution in [-0.4, -0.2) is 5.11 Å². The zero-order valence-electron chi connectivity index (χ0n) is 28.3. The minimum absolute atomic E-state index is 0.864. The van der Waals surface area contributed by atoms with E-state index in [1.165, 1.54) is 69.0 Å². The van der Waals surface area contributed by atoms with Crippen LogP contribution in [0.3, 0.4) is 0 Å². The van der Waals surface area contributed by atoms with Crippen LogP contribution in [-0.2, 0) is 5.60 Å². The van der Waals surface area contributed by atoms with Gasteiger partial charge in [0.15, 0.2) is 0 Å². The van der Waals surface area contributed by atoms with Crippen LogP contribution in [0.25, 0.3) is 16.7 Å². The molecule has 1 fully saturated rings. The highest BCUT2D eigenvalue weighted by atomic mass is 32.1. The van der Waals surface area contributed by atoms with E-state index in [1.807, 2.05) is 0 Å². The Morgan fingerprint density at radius 1 is 0.404 bits per heavy atom. The molecule has 0 bridgehead atoms. The van der Waals surface area contributed by atoms with Crippen LogP contribution in [0.5, 0.6) is 0 Å². The molecule has 0 radical (unpaired) electrons.